The summed E-state index contributed by atoms with van der Waals surface area (Å²) in [6, 6.07) is 14.6. The molecule has 3 aromatic heterocycles. The maximum Gasteiger partial charge on any atom is 0.261 e. The standard InChI is InChI=1S/C23H21N7O.2CH4O3S.CH4/c1-2-17-14-25-28-20(17)13-16(1)21-15-30-8-7-24-23(30)22(27-21)26-18-3-5-19(6-4-18)29-9-11-31-12-10-29;2*1-5(2,3)4;/h1-8,13-15H,9-12H2,(H,25,28)(H,26,27);2*1H3,(H,2,3,4);1H4. The highest BCUT2D eigenvalue weighted by Crippen LogP contribution is 2.27. The first-order chi connectivity index (χ1) is 19.3. The molecule has 1 aliphatic heterocycles. The lowest BCUT2D eigenvalue weighted by molar-refractivity contribution is 0.122. The summed E-state index contributed by atoms with van der Waals surface area (Å²) in [5.74, 6) is 0.714. The minimum absolute atomic E-state index is 0. The number of morpholine rings is 1. The lowest BCUT2D eigenvalue weighted by Gasteiger charge is -2.28. The second-order valence-corrected chi connectivity index (χ2v) is 12.0. The molecule has 4 heterocycles. The van der Waals surface area contributed by atoms with Crippen LogP contribution in [0.15, 0.2) is 67.3 Å². The minimum atomic E-state index is -3.67. The second-order valence-electron chi connectivity index (χ2n) is 9.04. The average molecular weight is 620 g/mol. The Morgan fingerprint density at radius 1 is 0.976 bits per heavy atom. The van der Waals surface area contributed by atoms with E-state index < -0.39 is 20.2 Å². The fourth-order valence-electron chi connectivity index (χ4n) is 3.96. The first-order valence-electron chi connectivity index (χ1n) is 12.2. The smallest absolute Gasteiger partial charge is 0.261 e. The highest BCUT2D eigenvalue weighted by molar-refractivity contribution is 7.85. The Morgan fingerprint density at radius 3 is 2.26 bits per heavy atom. The van der Waals surface area contributed by atoms with E-state index in [9.17, 15) is 16.8 Å². The van der Waals surface area contributed by atoms with Gasteiger partial charge >= 0.3 is 0 Å². The Hall–Kier alpha value is -4.09. The van der Waals surface area contributed by atoms with E-state index in [-0.39, 0.29) is 7.43 Å². The number of ether oxygens (including phenoxy) is 1. The lowest BCUT2D eigenvalue weighted by atomic mass is 10.1. The van der Waals surface area contributed by atoms with Crippen molar-refractivity contribution in [1.82, 2.24) is 24.6 Å². The molecule has 0 atom stereocenters. The van der Waals surface area contributed by atoms with Crippen LogP contribution in [0.4, 0.5) is 17.2 Å². The van der Waals surface area contributed by atoms with Gasteiger partial charge in [-0.3, -0.25) is 14.2 Å². The van der Waals surface area contributed by atoms with Gasteiger partial charge in [0.05, 0.1) is 43.1 Å². The molecule has 0 aliphatic carbocycles. The van der Waals surface area contributed by atoms with E-state index in [2.05, 4.69) is 61.8 Å². The molecule has 0 amide bonds. The van der Waals surface area contributed by atoms with Gasteiger partial charge in [0.1, 0.15) is 0 Å². The molecule has 5 aromatic rings. The van der Waals surface area contributed by atoms with E-state index in [0.29, 0.717) is 18.3 Å². The molecule has 226 valence electrons. The Balaban J connectivity index is 0.000000384. The average Bonchev–Trinajstić information content (AvgIpc) is 3.57. The summed E-state index contributed by atoms with van der Waals surface area (Å²) in [5.41, 5.74) is 5.80. The van der Waals surface area contributed by atoms with Crippen LogP contribution in [0.2, 0.25) is 0 Å². The molecular formula is C26H33N7O7S2. The Labute approximate surface area is 243 Å². The SMILES string of the molecule is C.CS(=O)(=O)O.CS(=O)(=O)O.c1cn2cc(-c3ccc4cn[nH]c4c3)nc(Nc3ccc(N4CCOCC4)cc3)c2n1. The normalized spacial score (nSPS) is 13.4. The van der Waals surface area contributed by atoms with Gasteiger partial charge in [0.2, 0.25) is 0 Å². The molecule has 6 rings (SSSR count). The van der Waals surface area contributed by atoms with E-state index in [0.717, 1.165) is 59.8 Å². The summed E-state index contributed by atoms with van der Waals surface area (Å²) in [5, 5.41) is 11.7. The van der Waals surface area contributed by atoms with Gasteiger partial charge in [-0.2, -0.15) is 21.9 Å². The predicted molar refractivity (Wildman–Crippen MR) is 163 cm³/mol. The van der Waals surface area contributed by atoms with Gasteiger partial charge in [0, 0.05) is 54.0 Å². The van der Waals surface area contributed by atoms with Gasteiger partial charge in [-0.1, -0.05) is 19.6 Å². The number of anilines is 3. The third-order valence-electron chi connectivity index (χ3n) is 5.62. The quantitative estimate of drug-likeness (QED) is 0.214. The molecule has 0 unspecified atom stereocenters. The maximum absolute atomic E-state index is 9.19. The zero-order valence-electron chi connectivity index (χ0n) is 22.2. The molecule has 14 nitrogen and oxygen atoms in total. The van der Waals surface area contributed by atoms with Gasteiger partial charge in [-0.15, -0.1) is 0 Å². The highest BCUT2D eigenvalue weighted by atomic mass is 32.2. The van der Waals surface area contributed by atoms with Gasteiger partial charge in [0.25, 0.3) is 20.2 Å². The van der Waals surface area contributed by atoms with E-state index in [1.165, 1.54) is 5.69 Å². The van der Waals surface area contributed by atoms with Crippen molar-refractivity contribution in [3.8, 4) is 11.3 Å². The fraction of sp³-hybridized carbons (Fsp3) is 0.269. The Bertz CT molecular complexity index is 1790. The molecule has 0 spiro atoms. The van der Waals surface area contributed by atoms with Crippen LogP contribution in [0.3, 0.4) is 0 Å². The van der Waals surface area contributed by atoms with Gasteiger partial charge < -0.3 is 19.4 Å². The molecule has 16 heteroatoms. The van der Waals surface area contributed by atoms with Crippen LogP contribution in [0.25, 0.3) is 27.8 Å². The molecule has 1 saturated heterocycles. The summed E-state index contributed by atoms with van der Waals surface area (Å²) in [6.07, 6.45) is 8.96. The molecule has 0 radical (unpaired) electrons. The predicted octanol–water partition coefficient (Wildman–Crippen LogP) is 3.50. The molecule has 2 aromatic carbocycles. The first-order valence-corrected chi connectivity index (χ1v) is 15.8. The first kappa shape index (κ1) is 32.4. The monoisotopic (exact) mass is 619 g/mol. The second kappa shape index (κ2) is 13.7. The van der Waals surface area contributed by atoms with Crippen molar-refractivity contribution in [3.05, 3.63) is 67.3 Å². The van der Waals surface area contributed by atoms with E-state index in [1.54, 1.807) is 6.20 Å². The molecule has 42 heavy (non-hydrogen) atoms. The third kappa shape index (κ3) is 9.78. The third-order valence-corrected chi connectivity index (χ3v) is 5.62. The maximum atomic E-state index is 9.19. The van der Waals surface area contributed by atoms with Gasteiger partial charge in [-0.25, -0.2) is 9.97 Å². The fourth-order valence-corrected chi connectivity index (χ4v) is 3.96. The number of fused-ring (bicyclic) bond motifs is 2. The number of hydrogen-bond acceptors (Lipinski definition) is 10. The lowest BCUT2D eigenvalue weighted by Crippen LogP contribution is -2.36. The summed E-state index contributed by atoms with van der Waals surface area (Å²) in [7, 11) is -7.33. The molecule has 4 N–H and O–H groups in total. The van der Waals surface area contributed by atoms with Crippen molar-refractivity contribution in [1.29, 1.82) is 0 Å². The van der Waals surface area contributed by atoms with Crippen LogP contribution in [-0.4, -0.2) is 89.3 Å². The number of nitrogens with one attached hydrogen (secondary N) is 2. The topological polar surface area (TPSA) is 192 Å². The van der Waals surface area contributed by atoms with E-state index in [1.807, 2.05) is 29.1 Å². The van der Waals surface area contributed by atoms with Crippen molar-refractivity contribution in [2.75, 3.05) is 49.0 Å². The molecular weight excluding hydrogens is 586 g/mol. The van der Waals surface area contributed by atoms with E-state index >= 15 is 0 Å². The summed E-state index contributed by atoms with van der Waals surface area (Å²) >= 11 is 0. The zero-order valence-corrected chi connectivity index (χ0v) is 23.8. The number of H-pyrrole nitrogens is 1. The summed E-state index contributed by atoms with van der Waals surface area (Å²) < 4.78 is 59.2. The van der Waals surface area contributed by atoms with Crippen LogP contribution in [0.1, 0.15) is 7.43 Å². The Kier molecular flexibility index (Phi) is 10.6. The minimum Gasteiger partial charge on any atom is -0.378 e. The van der Waals surface area contributed by atoms with E-state index in [4.69, 9.17) is 18.8 Å². The number of nitrogens with zero attached hydrogens (tertiary/aromatic N) is 5. The zero-order chi connectivity index (χ0) is 29.6. The largest absolute Gasteiger partial charge is 0.378 e. The summed E-state index contributed by atoms with van der Waals surface area (Å²) in [4.78, 5) is 11.7. The summed E-state index contributed by atoms with van der Waals surface area (Å²) in [6.45, 7) is 3.40. The van der Waals surface area contributed by atoms with Crippen molar-refractivity contribution in [2.45, 2.75) is 7.43 Å². The van der Waals surface area contributed by atoms with Crippen molar-refractivity contribution in [2.24, 2.45) is 0 Å². The van der Waals surface area contributed by atoms with Crippen molar-refractivity contribution >= 4 is 54.0 Å². The highest BCUT2D eigenvalue weighted by Gasteiger charge is 2.13. The van der Waals surface area contributed by atoms with Crippen LogP contribution < -0.4 is 10.2 Å². The molecule has 0 bridgehead atoms. The number of aromatic nitrogens is 5. The van der Waals surface area contributed by atoms with Crippen LogP contribution in [0, 0.1) is 0 Å². The number of benzene rings is 2. The number of rotatable bonds is 4. The van der Waals surface area contributed by atoms with Gasteiger partial charge in [0.15, 0.2) is 11.5 Å². The van der Waals surface area contributed by atoms with Crippen molar-refractivity contribution < 1.29 is 30.7 Å². The van der Waals surface area contributed by atoms with Crippen LogP contribution >= 0.6 is 0 Å². The molecule has 1 aliphatic rings. The molecule has 0 saturated carbocycles. The number of aromatic amines is 1. The Morgan fingerprint density at radius 2 is 1.62 bits per heavy atom. The van der Waals surface area contributed by atoms with Gasteiger partial charge in [-0.05, 0) is 30.3 Å². The van der Waals surface area contributed by atoms with Crippen LogP contribution in [0.5, 0.6) is 0 Å². The number of imidazole rings is 1. The van der Waals surface area contributed by atoms with Crippen LogP contribution in [-0.2, 0) is 25.0 Å². The number of hydrogen-bond donors (Lipinski definition) is 4. The van der Waals surface area contributed by atoms with Crippen molar-refractivity contribution in [3.63, 3.8) is 0 Å². The molecule has 1 fully saturated rings.